The Hall–Kier alpha value is -1.36. The number of hydrogen-bond acceptors (Lipinski definition) is 4. The number of carbonyl (C=O) groups excluding carboxylic acids is 1. The predicted octanol–water partition coefficient (Wildman–Crippen LogP) is 2.91. The van der Waals surface area contributed by atoms with Crippen molar-refractivity contribution in [2.75, 3.05) is 32.7 Å². The van der Waals surface area contributed by atoms with E-state index >= 15 is 0 Å². The van der Waals surface area contributed by atoms with Gasteiger partial charge >= 0.3 is 0 Å². The molecule has 2 rings (SSSR count). The number of nitrogens with zero attached hydrogens (tertiary/aromatic N) is 3. The monoisotopic (exact) mass is 307 g/mol. The van der Waals surface area contributed by atoms with E-state index in [9.17, 15) is 4.79 Å². The highest BCUT2D eigenvalue weighted by atomic mass is 16.5. The second kappa shape index (κ2) is 6.41. The van der Waals surface area contributed by atoms with Crippen molar-refractivity contribution in [1.29, 1.82) is 0 Å². The highest BCUT2D eigenvalue weighted by molar-refractivity contribution is 5.96. The van der Waals surface area contributed by atoms with Crippen molar-refractivity contribution in [3.05, 3.63) is 17.0 Å². The van der Waals surface area contributed by atoms with Gasteiger partial charge in [0.25, 0.3) is 5.91 Å². The van der Waals surface area contributed by atoms with Gasteiger partial charge in [-0.15, -0.1) is 0 Å². The van der Waals surface area contributed by atoms with Gasteiger partial charge in [-0.2, -0.15) is 0 Å². The van der Waals surface area contributed by atoms with Crippen LogP contribution in [0.2, 0.25) is 0 Å². The van der Waals surface area contributed by atoms with Crippen molar-refractivity contribution in [2.24, 2.45) is 5.41 Å². The Balaban J connectivity index is 2.03. The summed E-state index contributed by atoms with van der Waals surface area (Å²) in [5.41, 5.74) is 1.66. The normalized spacial score (nSPS) is 17.3. The van der Waals surface area contributed by atoms with Crippen LogP contribution in [0.3, 0.4) is 0 Å². The van der Waals surface area contributed by atoms with Crippen LogP contribution in [0.15, 0.2) is 4.52 Å². The first-order chi connectivity index (χ1) is 10.2. The van der Waals surface area contributed by atoms with Gasteiger partial charge in [0.05, 0.1) is 5.69 Å². The van der Waals surface area contributed by atoms with Crippen molar-refractivity contribution in [1.82, 2.24) is 15.0 Å². The first kappa shape index (κ1) is 17.0. The van der Waals surface area contributed by atoms with E-state index in [4.69, 9.17) is 4.52 Å². The molecule has 0 aromatic carbocycles. The van der Waals surface area contributed by atoms with Gasteiger partial charge in [-0.25, -0.2) is 0 Å². The number of hydrogen-bond donors (Lipinski definition) is 0. The molecular weight excluding hydrogens is 278 g/mol. The molecule has 1 fully saturated rings. The molecule has 124 valence electrons. The van der Waals surface area contributed by atoms with E-state index in [2.05, 4.69) is 30.8 Å². The largest absolute Gasteiger partial charge is 0.360 e. The Morgan fingerprint density at radius 1 is 1.23 bits per heavy atom. The lowest BCUT2D eigenvalue weighted by atomic mass is 9.95. The lowest BCUT2D eigenvalue weighted by Crippen LogP contribution is -2.50. The molecule has 5 nitrogen and oxygen atoms in total. The number of aryl methyl sites for hydroxylation is 1. The van der Waals surface area contributed by atoms with E-state index in [-0.39, 0.29) is 11.8 Å². The van der Waals surface area contributed by atoms with Crippen molar-refractivity contribution in [3.8, 4) is 0 Å². The molecule has 0 spiro atoms. The number of rotatable bonds is 3. The van der Waals surface area contributed by atoms with Gasteiger partial charge in [0.2, 0.25) is 0 Å². The minimum atomic E-state index is 0.0675. The summed E-state index contributed by atoms with van der Waals surface area (Å²) in [6, 6.07) is 0. The maximum atomic E-state index is 12.8. The molecule has 1 saturated heterocycles. The summed E-state index contributed by atoms with van der Waals surface area (Å²) < 4.78 is 5.35. The summed E-state index contributed by atoms with van der Waals surface area (Å²) in [5, 5.41) is 3.98. The highest BCUT2D eigenvalue weighted by Crippen LogP contribution is 2.24. The summed E-state index contributed by atoms with van der Waals surface area (Å²) in [6.45, 7) is 17.1. The number of amides is 1. The van der Waals surface area contributed by atoms with Crippen LogP contribution >= 0.6 is 0 Å². The molecule has 22 heavy (non-hydrogen) atoms. The number of aromatic nitrogens is 1. The topological polar surface area (TPSA) is 49.6 Å². The molecular formula is C17H29N3O2. The third-order valence-corrected chi connectivity index (χ3v) is 3.98. The SMILES string of the molecule is Cc1noc(C(C)C)c1C(=O)N1CCN(CC(C)(C)C)CC1. The molecule has 0 bridgehead atoms. The average Bonchev–Trinajstić information content (AvgIpc) is 2.79. The van der Waals surface area contributed by atoms with E-state index in [1.54, 1.807) is 0 Å². The van der Waals surface area contributed by atoms with E-state index < -0.39 is 0 Å². The van der Waals surface area contributed by atoms with Crippen LogP contribution in [-0.2, 0) is 0 Å². The molecule has 0 atom stereocenters. The van der Waals surface area contributed by atoms with Crippen LogP contribution in [0.5, 0.6) is 0 Å². The molecule has 0 radical (unpaired) electrons. The Morgan fingerprint density at radius 2 is 1.82 bits per heavy atom. The van der Waals surface area contributed by atoms with Gasteiger partial charge < -0.3 is 9.42 Å². The predicted molar refractivity (Wildman–Crippen MR) is 87.1 cm³/mol. The molecule has 5 heteroatoms. The van der Waals surface area contributed by atoms with Gasteiger partial charge in [-0.05, 0) is 12.3 Å². The Morgan fingerprint density at radius 3 is 2.32 bits per heavy atom. The van der Waals surface area contributed by atoms with E-state index in [0.29, 0.717) is 22.4 Å². The number of piperazine rings is 1. The first-order valence-electron chi connectivity index (χ1n) is 8.17. The van der Waals surface area contributed by atoms with Crippen LogP contribution in [0.1, 0.15) is 62.3 Å². The maximum Gasteiger partial charge on any atom is 0.259 e. The highest BCUT2D eigenvalue weighted by Gasteiger charge is 2.29. The summed E-state index contributed by atoms with van der Waals surface area (Å²) in [7, 11) is 0. The van der Waals surface area contributed by atoms with Crippen LogP contribution in [0, 0.1) is 12.3 Å². The van der Waals surface area contributed by atoms with E-state index in [1.807, 2.05) is 25.7 Å². The Bertz CT molecular complexity index is 520. The minimum absolute atomic E-state index is 0.0675. The molecule has 1 aromatic heterocycles. The van der Waals surface area contributed by atoms with Crippen molar-refractivity contribution >= 4 is 5.91 Å². The van der Waals surface area contributed by atoms with Gasteiger partial charge in [0, 0.05) is 38.6 Å². The molecule has 0 N–H and O–H groups in total. The second-order valence-corrected chi connectivity index (χ2v) is 7.79. The Labute approximate surface area is 133 Å². The standard InChI is InChI=1S/C17H29N3O2/c1-12(2)15-14(13(3)18-22-15)16(21)20-9-7-19(8-10-20)11-17(4,5)6/h12H,7-11H2,1-6H3. The fraction of sp³-hybridized carbons (Fsp3) is 0.765. The first-order valence-corrected chi connectivity index (χ1v) is 8.17. The zero-order chi connectivity index (χ0) is 16.5. The fourth-order valence-electron chi connectivity index (χ4n) is 2.98. The van der Waals surface area contributed by atoms with Crippen molar-refractivity contribution in [2.45, 2.75) is 47.5 Å². The maximum absolute atomic E-state index is 12.8. The lowest BCUT2D eigenvalue weighted by Gasteiger charge is -2.37. The smallest absolute Gasteiger partial charge is 0.259 e. The minimum Gasteiger partial charge on any atom is -0.360 e. The van der Waals surface area contributed by atoms with Crippen LogP contribution in [0.4, 0.5) is 0 Å². The van der Waals surface area contributed by atoms with Gasteiger partial charge in [0.15, 0.2) is 5.76 Å². The molecule has 1 amide bonds. The molecule has 1 aliphatic rings. The van der Waals surface area contributed by atoms with Gasteiger partial charge in [-0.3, -0.25) is 9.69 Å². The average molecular weight is 307 g/mol. The van der Waals surface area contributed by atoms with E-state index in [0.717, 1.165) is 32.7 Å². The van der Waals surface area contributed by atoms with Crippen LogP contribution in [-0.4, -0.2) is 53.6 Å². The van der Waals surface area contributed by atoms with Gasteiger partial charge in [-0.1, -0.05) is 39.8 Å². The molecule has 1 aromatic rings. The second-order valence-electron chi connectivity index (χ2n) is 7.79. The zero-order valence-electron chi connectivity index (χ0n) is 14.8. The summed E-state index contributed by atoms with van der Waals surface area (Å²) >= 11 is 0. The Kier molecular flexibility index (Phi) is 4.95. The molecule has 2 heterocycles. The molecule has 1 aliphatic heterocycles. The zero-order valence-corrected chi connectivity index (χ0v) is 14.8. The third-order valence-electron chi connectivity index (χ3n) is 3.98. The lowest BCUT2D eigenvalue weighted by molar-refractivity contribution is 0.0589. The van der Waals surface area contributed by atoms with Gasteiger partial charge in [0.1, 0.15) is 5.56 Å². The summed E-state index contributed by atoms with van der Waals surface area (Å²) in [6.07, 6.45) is 0. The van der Waals surface area contributed by atoms with Crippen LogP contribution < -0.4 is 0 Å². The van der Waals surface area contributed by atoms with Crippen LogP contribution in [0.25, 0.3) is 0 Å². The molecule has 0 saturated carbocycles. The summed E-state index contributed by atoms with van der Waals surface area (Å²) in [5.74, 6) is 0.944. The fourth-order valence-corrected chi connectivity index (χ4v) is 2.98. The molecule has 0 unspecified atom stereocenters. The third kappa shape index (κ3) is 3.88. The van der Waals surface area contributed by atoms with Crippen molar-refractivity contribution < 1.29 is 9.32 Å². The molecule has 0 aliphatic carbocycles. The quantitative estimate of drug-likeness (QED) is 0.861. The van der Waals surface area contributed by atoms with Crippen molar-refractivity contribution in [3.63, 3.8) is 0 Å². The summed E-state index contributed by atoms with van der Waals surface area (Å²) in [4.78, 5) is 17.2. The van der Waals surface area contributed by atoms with E-state index in [1.165, 1.54) is 0 Å². The number of carbonyl (C=O) groups is 1.